The van der Waals surface area contributed by atoms with Gasteiger partial charge in [-0.3, -0.25) is 9.59 Å². The number of fused-ring (bicyclic) bond motifs is 1. The smallest absolute Gasteiger partial charge is 0.229 e. The molecule has 0 saturated carbocycles. The summed E-state index contributed by atoms with van der Waals surface area (Å²) in [4.78, 5) is 32.8. The van der Waals surface area contributed by atoms with Gasteiger partial charge in [-0.1, -0.05) is 19.1 Å². The predicted molar refractivity (Wildman–Crippen MR) is 86.7 cm³/mol. The fourth-order valence-electron chi connectivity index (χ4n) is 3.28. The van der Waals surface area contributed by atoms with E-state index in [9.17, 15) is 9.59 Å². The predicted octanol–water partition coefficient (Wildman–Crippen LogP) is 1.53. The first-order valence-electron chi connectivity index (χ1n) is 8.38. The maximum atomic E-state index is 12.2. The van der Waals surface area contributed by atoms with Gasteiger partial charge in [-0.15, -0.1) is 0 Å². The summed E-state index contributed by atoms with van der Waals surface area (Å²) in [5.74, 6) is 1.19. The summed E-state index contributed by atoms with van der Waals surface area (Å²) in [5.41, 5.74) is 0.800. The second kappa shape index (κ2) is 6.56. The van der Waals surface area contributed by atoms with Crippen LogP contribution in [0.1, 0.15) is 44.2 Å². The lowest BCUT2D eigenvalue weighted by Crippen LogP contribution is -2.40. The van der Waals surface area contributed by atoms with Crippen molar-refractivity contribution >= 4 is 11.8 Å². The van der Waals surface area contributed by atoms with E-state index in [0.29, 0.717) is 32.5 Å². The summed E-state index contributed by atoms with van der Waals surface area (Å²) in [7, 11) is 0. The normalized spacial score (nSPS) is 20.0. The van der Waals surface area contributed by atoms with E-state index in [2.05, 4.69) is 9.55 Å². The molecule has 0 fully saturated rings. The summed E-state index contributed by atoms with van der Waals surface area (Å²) in [5, 5.41) is 0. The van der Waals surface area contributed by atoms with Gasteiger partial charge in [0.2, 0.25) is 11.8 Å². The molecule has 3 rings (SSSR count). The molecule has 6 nitrogen and oxygen atoms in total. The molecule has 0 aromatic carbocycles. The molecule has 23 heavy (non-hydrogen) atoms. The van der Waals surface area contributed by atoms with Crippen LogP contribution < -0.4 is 0 Å². The Balaban J connectivity index is 1.70. The minimum atomic E-state index is -0.0277. The Bertz CT molecular complexity index is 627. The lowest BCUT2D eigenvalue weighted by Gasteiger charge is -2.33. The van der Waals surface area contributed by atoms with E-state index in [-0.39, 0.29) is 17.9 Å². The lowest BCUT2D eigenvalue weighted by atomic mass is 10.2. The molecule has 0 bridgehead atoms. The number of imidazole rings is 1. The summed E-state index contributed by atoms with van der Waals surface area (Å²) >= 11 is 0. The molecule has 2 aliphatic heterocycles. The molecule has 0 radical (unpaired) electrons. The van der Waals surface area contributed by atoms with Gasteiger partial charge in [0.1, 0.15) is 5.82 Å². The fourth-order valence-corrected chi connectivity index (χ4v) is 3.28. The van der Waals surface area contributed by atoms with E-state index in [1.807, 2.05) is 42.0 Å². The van der Waals surface area contributed by atoms with Gasteiger partial charge in [0.15, 0.2) is 0 Å². The first kappa shape index (κ1) is 15.8. The molecule has 0 N–H and O–H groups in total. The summed E-state index contributed by atoms with van der Waals surface area (Å²) in [6.45, 7) is 6.89. The Morgan fingerprint density at radius 2 is 1.96 bits per heavy atom. The van der Waals surface area contributed by atoms with Crippen molar-refractivity contribution in [2.45, 2.75) is 45.7 Å². The molecule has 3 heterocycles. The zero-order chi connectivity index (χ0) is 16.4. The van der Waals surface area contributed by atoms with Crippen LogP contribution >= 0.6 is 0 Å². The highest BCUT2D eigenvalue weighted by Crippen LogP contribution is 2.25. The van der Waals surface area contributed by atoms with Gasteiger partial charge >= 0.3 is 0 Å². The van der Waals surface area contributed by atoms with Gasteiger partial charge in [-0.2, -0.15) is 0 Å². The topological polar surface area (TPSA) is 58.4 Å². The highest BCUT2D eigenvalue weighted by atomic mass is 16.2. The Hall–Kier alpha value is -2.11. The Kier molecular flexibility index (Phi) is 4.50. The monoisotopic (exact) mass is 316 g/mol. The SMILES string of the molecule is CCCC(=O)N1CCn2cc(CC(=O)N3CC=CC3)nc2[C@H]1C. The number of carbonyl (C=O) groups excluding carboxylic acids is 2. The third kappa shape index (κ3) is 3.16. The maximum Gasteiger partial charge on any atom is 0.229 e. The van der Waals surface area contributed by atoms with Crippen molar-refractivity contribution in [1.82, 2.24) is 19.4 Å². The maximum absolute atomic E-state index is 12.2. The van der Waals surface area contributed by atoms with E-state index < -0.39 is 0 Å². The third-order valence-corrected chi connectivity index (χ3v) is 4.57. The van der Waals surface area contributed by atoms with E-state index in [1.165, 1.54) is 0 Å². The van der Waals surface area contributed by atoms with Crippen molar-refractivity contribution in [3.63, 3.8) is 0 Å². The van der Waals surface area contributed by atoms with Gasteiger partial charge < -0.3 is 14.4 Å². The van der Waals surface area contributed by atoms with E-state index in [4.69, 9.17) is 0 Å². The molecule has 2 aliphatic rings. The van der Waals surface area contributed by atoms with Gasteiger partial charge in [-0.25, -0.2) is 4.98 Å². The van der Waals surface area contributed by atoms with Crippen LogP contribution in [-0.2, 0) is 22.6 Å². The van der Waals surface area contributed by atoms with E-state index in [0.717, 1.165) is 24.5 Å². The van der Waals surface area contributed by atoms with Gasteiger partial charge in [0.05, 0.1) is 18.2 Å². The van der Waals surface area contributed by atoms with Crippen molar-refractivity contribution in [2.75, 3.05) is 19.6 Å². The molecular weight excluding hydrogens is 292 g/mol. The zero-order valence-electron chi connectivity index (χ0n) is 13.9. The number of hydrogen-bond donors (Lipinski definition) is 0. The van der Waals surface area contributed by atoms with Crippen LogP contribution in [0.15, 0.2) is 18.3 Å². The first-order chi connectivity index (χ1) is 11.1. The van der Waals surface area contributed by atoms with Gasteiger partial charge in [0.25, 0.3) is 0 Å². The van der Waals surface area contributed by atoms with Crippen LogP contribution in [0.3, 0.4) is 0 Å². The average molecular weight is 316 g/mol. The van der Waals surface area contributed by atoms with Crippen LogP contribution in [0.5, 0.6) is 0 Å². The number of aromatic nitrogens is 2. The minimum Gasteiger partial charge on any atom is -0.335 e. The summed E-state index contributed by atoms with van der Waals surface area (Å²) in [6, 6.07) is -0.0277. The largest absolute Gasteiger partial charge is 0.335 e. The molecule has 1 aromatic rings. The van der Waals surface area contributed by atoms with Gasteiger partial charge in [0, 0.05) is 38.8 Å². The Morgan fingerprint density at radius 3 is 2.65 bits per heavy atom. The van der Waals surface area contributed by atoms with Crippen molar-refractivity contribution in [1.29, 1.82) is 0 Å². The molecule has 2 amide bonds. The van der Waals surface area contributed by atoms with Crippen LogP contribution in [0, 0.1) is 0 Å². The summed E-state index contributed by atoms with van der Waals surface area (Å²) < 4.78 is 2.09. The van der Waals surface area contributed by atoms with Crippen molar-refractivity contribution in [3.05, 3.63) is 29.9 Å². The van der Waals surface area contributed by atoms with Gasteiger partial charge in [-0.05, 0) is 13.3 Å². The third-order valence-electron chi connectivity index (χ3n) is 4.57. The molecule has 0 unspecified atom stereocenters. The Morgan fingerprint density at radius 1 is 1.22 bits per heavy atom. The number of hydrogen-bond acceptors (Lipinski definition) is 3. The fraction of sp³-hybridized carbons (Fsp3) is 0.588. The number of amides is 2. The lowest BCUT2D eigenvalue weighted by molar-refractivity contribution is -0.134. The number of carbonyl (C=O) groups is 2. The van der Waals surface area contributed by atoms with Crippen LogP contribution in [0.4, 0.5) is 0 Å². The highest BCUT2D eigenvalue weighted by Gasteiger charge is 2.29. The second-order valence-electron chi connectivity index (χ2n) is 6.24. The molecule has 0 saturated heterocycles. The van der Waals surface area contributed by atoms with Crippen molar-refractivity contribution in [2.24, 2.45) is 0 Å². The van der Waals surface area contributed by atoms with Crippen molar-refractivity contribution in [3.8, 4) is 0 Å². The molecule has 6 heteroatoms. The quantitative estimate of drug-likeness (QED) is 0.792. The van der Waals surface area contributed by atoms with E-state index in [1.54, 1.807) is 0 Å². The molecule has 1 aromatic heterocycles. The highest BCUT2D eigenvalue weighted by molar-refractivity contribution is 5.79. The molecule has 0 aliphatic carbocycles. The molecule has 1 atom stereocenters. The molecular formula is C17H24N4O2. The van der Waals surface area contributed by atoms with Crippen LogP contribution in [-0.4, -0.2) is 50.8 Å². The Labute approximate surface area is 136 Å². The minimum absolute atomic E-state index is 0.0277. The molecule has 124 valence electrons. The standard InChI is InChI=1S/C17H24N4O2/c1-3-6-15(22)21-10-9-20-12-14(18-17(20)13(21)2)11-16(23)19-7-4-5-8-19/h4-5,12-13H,3,6-11H2,1-2H3/t13-/m1/s1. The molecule has 0 spiro atoms. The van der Waals surface area contributed by atoms with E-state index >= 15 is 0 Å². The number of rotatable bonds is 4. The average Bonchev–Trinajstić information content (AvgIpc) is 3.16. The number of nitrogens with zero attached hydrogens (tertiary/aromatic N) is 4. The van der Waals surface area contributed by atoms with Crippen LogP contribution in [0.2, 0.25) is 0 Å². The second-order valence-corrected chi connectivity index (χ2v) is 6.24. The first-order valence-corrected chi connectivity index (χ1v) is 8.38. The van der Waals surface area contributed by atoms with Crippen molar-refractivity contribution < 1.29 is 9.59 Å². The zero-order valence-corrected chi connectivity index (χ0v) is 13.9. The van der Waals surface area contributed by atoms with Crippen LogP contribution in [0.25, 0.3) is 0 Å². The summed E-state index contributed by atoms with van der Waals surface area (Å²) in [6.07, 6.45) is 7.76.